The Labute approximate surface area is 145 Å². The second kappa shape index (κ2) is 12.7. The fourth-order valence-electron chi connectivity index (χ4n) is 0.889. The first-order chi connectivity index (χ1) is 7.31. The standard InChI is InChI=1S/C7H17N.C4H4O4.K/c1-4-7(8,5-2)6-3;5-3(6)1-2-4(7)8;/h4-6,8H2,1-3H3;1-2H,(H,5,6)(H,7,8);/q;;+1/p-1/b;2-1+;. The third-order valence-corrected chi connectivity index (χ3v) is 2.47. The zero-order chi connectivity index (χ0) is 13.2. The molecule has 0 saturated heterocycles. The van der Waals surface area contributed by atoms with Crippen LogP contribution >= 0.6 is 0 Å². The summed E-state index contributed by atoms with van der Waals surface area (Å²) in [4.78, 5) is 19.0. The number of hydrogen-bond donors (Lipinski definition) is 2. The van der Waals surface area contributed by atoms with E-state index in [4.69, 9.17) is 10.8 Å². The summed E-state index contributed by atoms with van der Waals surface area (Å²) in [6.07, 6.45) is 4.23. The number of nitrogens with two attached hydrogens (primary N) is 1. The quantitative estimate of drug-likeness (QED) is 0.417. The van der Waals surface area contributed by atoms with Crippen molar-refractivity contribution in [3.05, 3.63) is 12.2 Å². The first-order valence-electron chi connectivity index (χ1n) is 5.22. The van der Waals surface area contributed by atoms with Gasteiger partial charge in [-0.15, -0.1) is 0 Å². The Hall–Kier alpha value is 0.276. The van der Waals surface area contributed by atoms with Crippen molar-refractivity contribution in [3.8, 4) is 0 Å². The fraction of sp³-hybridized carbons (Fsp3) is 0.636. The van der Waals surface area contributed by atoms with Crippen LogP contribution in [0, 0.1) is 0 Å². The Balaban J connectivity index is -0.000000218. The molecule has 0 aromatic heterocycles. The minimum absolute atomic E-state index is 0. The van der Waals surface area contributed by atoms with E-state index in [2.05, 4.69) is 20.8 Å². The van der Waals surface area contributed by atoms with E-state index in [0.717, 1.165) is 19.3 Å². The zero-order valence-electron chi connectivity index (χ0n) is 11.0. The maximum atomic E-state index is 9.53. The fourth-order valence-corrected chi connectivity index (χ4v) is 0.889. The van der Waals surface area contributed by atoms with Crippen LogP contribution in [0.2, 0.25) is 0 Å². The normalized spacial score (nSPS) is 10.1. The van der Waals surface area contributed by atoms with Crippen LogP contribution in [-0.2, 0) is 9.59 Å². The maximum Gasteiger partial charge on any atom is 1.00 e. The largest absolute Gasteiger partial charge is 1.00 e. The van der Waals surface area contributed by atoms with E-state index in [-0.39, 0.29) is 56.9 Å². The molecule has 6 heteroatoms. The molecular formula is C11H20KNO4. The first kappa shape index (κ1) is 22.5. The second-order valence-corrected chi connectivity index (χ2v) is 3.41. The topological polar surface area (TPSA) is 103 Å². The van der Waals surface area contributed by atoms with E-state index in [1.807, 2.05) is 0 Å². The van der Waals surface area contributed by atoms with Crippen LogP contribution < -0.4 is 62.2 Å². The van der Waals surface area contributed by atoms with Gasteiger partial charge < -0.3 is 20.7 Å². The molecule has 0 amide bonds. The Kier molecular flexibility index (Phi) is 16.8. The molecule has 0 aromatic carbocycles. The van der Waals surface area contributed by atoms with Gasteiger partial charge in [0.25, 0.3) is 0 Å². The van der Waals surface area contributed by atoms with Gasteiger partial charge in [0, 0.05) is 11.6 Å². The smallest absolute Gasteiger partial charge is 0.545 e. The molecular weight excluding hydrogens is 249 g/mol. The molecule has 0 fully saturated rings. The third-order valence-electron chi connectivity index (χ3n) is 2.47. The molecule has 3 N–H and O–H groups in total. The van der Waals surface area contributed by atoms with E-state index in [0.29, 0.717) is 12.2 Å². The number of rotatable bonds is 5. The van der Waals surface area contributed by atoms with Gasteiger partial charge in [-0.25, -0.2) is 4.79 Å². The number of carbonyl (C=O) groups excluding carboxylic acids is 1. The van der Waals surface area contributed by atoms with Crippen LogP contribution in [0.4, 0.5) is 0 Å². The number of aliphatic carboxylic acids is 2. The monoisotopic (exact) mass is 269 g/mol. The molecule has 17 heavy (non-hydrogen) atoms. The first-order valence-corrected chi connectivity index (χ1v) is 5.22. The molecule has 0 radical (unpaired) electrons. The Morgan fingerprint density at radius 2 is 1.53 bits per heavy atom. The second-order valence-electron chi connectivity index (χ2n) is 3.41. The molecule has 94 valence electrons. The SMILES string of the molecule is CCC(N)(CC)CC.O=C([O-])/C=C/C(=O)O.[K+]. The summed E-state index contributed by atoms with van der Waals surface area (Å²) in [7, 11) is 0. The van der Waals surface area contributed by atoms with Crippen LogP contribution in [0.5, 0.6) is 0 Å². The van der Waals surface area contributed by atoms with Crippen molar-refractivity contribution in [2.24, 2.45) is 5.73 Å². The van der Waals surface area contributed by atoms with Crippen molar-refractivity contribution < 1.29 is 71.2 Å². The Bertz CT molecular complexity index is 226. The summed E-state index contributed by atoms with van der Waals surface area (Å²) < 4.78 is 0. The van der Waals surface area contributed by atoms with Crippen LogP contribution in [0.15, 0.2) is 12.2 Å². The van der Waals surface area contributed by atoms with Gasteiger partial charge in [0.15, 0.2) is 0 Å². The maximum absolute atomic E-state index is 9.53. The number of hydrogen-bond acceptors (Lipinski definition) is 4. The molecule has 0 atom stereocenters. The van der Waals surface area contributed by atoms with Gasteiger partial charge in [0.1, 0.15) is 0 Å². The summed E-state index contributed by atoms with van der Waals surface area (Å²) >= 11 is 0. The molecule has 0 aromatic rings. The van der Waals surface area contributed by atoms with Gasteiger partial charge in [-0.05, 0) is 25.3 Å². The third kappa shape index (κ3) is 16.3. The van der Waals surface area contributed by atoms with E-state index in [9.17, 15) is 14.7 Å². The summed E-state index contributed by atoms with van der Waals surface area (Å²) in [6.45, 7) is 6.44. The molecule has 0 spiro atoms. The number of carboxylic acid groups (broad SMARTS) is 2. The van der Waals surface area contributed by atoms with Crippen molar-refractivity contribution in [1.29, 1.82) is 0 Å². The van der Waals surface area contributed by atoms with Crippen LogP contribution in [0.1, 0.15) is 40.0 Å². The van der Waals surface area contributed by atoms with E-state index in [1.165, 1.54) is 0 Å². The zero-order valence-corrected chi connectivity index (χ0v) is 14.1. The molecule has 0 heterocycles. The van der Waals surface area contributed by atoms with Gasteiger partial charge in [0.2, 0.25) is 0 Å². The Morgan fingerprint density at radius 3 is 1.59 bits per heavy atom. The van der Waals surface area contributed by atoms with E-state index < -0.39 is 11.9 Å². The van der Waals surface area contributed by atoms with Crippen LogP contribution in [0.25, 0.3) is 0 Å². The molecule has 0 rings (SSSR count). The van der Waals surface area contributed by atoms with Crippen LogP contribution in [-0.4, -0.2) is 22.6 Å². The van der Waals surface area contributed by atoms with E-state index >= 15 is 0 Å². The molecule has 0 unspecified atom stereocenters. The molecule has 0 bridgehead atoms. The summed E-state index contributed by atoms with van der Waals surface area (Å²) in [5.74, 6) is -2.80. The predicted octanol–water partition coefficient (Wildman–Crippen LogP) is -2.70. The molecule has 0 aliphatic carbocycles. The number of carbonyl (C=O) groups is 2. The van der Waals surface area contributed by atoms with Gasteiger partial charge >= 0.3 is 57.4 Å². The summed E-state index contributed by atoms with van der Waals surface area (Å²) in [5.41, 5.74) is 6.02. The van der Waals surface area contributed by atoms with Crippen molar-refractivity contribution >= 4 is 11.9 Å². The van der Waals surface area contributed by atoms with Crippen molar-refractivity contribution in [2.75, 3.05) is 0 Å². The average Bonchev–Trinajstić information content (AvgIpc) is 2.26. The van der Waals surface area contributed by atoms with Crippen molar-refractivity contribution in [2.45, 2.75) is 45.6 Å². The minimum atomic E-state index is -1.51. The minimum Gasteiger partial charge on any atom is -0.545 e. The molecule has 5 nitrogen and oxygen atoms in total. The summed E-state index contributed by atoms with van der Waals surface area (Å²) in [6, 6.07) is 0. The molecule has 0 saturated carbocycles. The van der Waals surface area contributed by atoms with Gasteiger partial charge in [-0.3, -0.25) is 0 Å². The van der Waals surface area contributed by atoms with Crippen LogP contribution in [0.3, 0.4) is 0 Å². The average molecular weight is 269 g/mol. The molecule has 0 aliphatic rings. The van der Waals surface area contributed by atoms with Gasteiger partial charge in [-0.1, -0.05) is 20.8 Å². The Morgan fingerprint density at radius 1 is 1.18 bits per heavy atom. The van der Waals surface area contributed by atoms with Gasteiger partial charge in [-0.2, -0.15) is 0 Å². The molecule has 0 aliphatic heterocycles. The van der Waals surface area contributed by atoms with Crippen molar-refractivity contribution in [1.82, 2.24) is 0 Å². The van der Waals surface area contributed by atoms with Gasteiger partial charge in [0.05, 0.1) is 5.97 Å². The van der Waals surface area contributed by atoms with Crippen molar-refractivity contribution in [3.63, 3.8) is 0 Å². The number of carboxylic acids is 2. The van der Waals surface area contributed by atoms with E-state index in [1.54, 1.807) is 0 Å². The summed E-state index contributed by atoms with van der Waals surface area (Å²) in [5, 5.41) is 17.2. The predicted molar refractivity (Wildman–Crippen MR) is 59.6 cm³/mol.